The Bertz CT molecular complexity index is 205. The van der Waals surface area contributed by atoms with Gasteiger partial charge in [0.15, 0.2) is 0 Å². The van der Waals surface area contributed by atoms with Crippen molar-refractivity contribution in [2.75, 3.05) is 13.2 Å². The molecule has 0 aromatic heterocycles. The number of hydrogen-bond donors (Lipinski definition) is 3. The van der Waals surface area contributed by atoms with E-state index in [9.17, 15) is 4.79 Å². The van der Waals surface area contributed by atoms with E-state index in [4.69, 9.17) is 10.8 Å². The fourth-order valence-corrected chi connectivity index (χ4v) is 1.01. The van der Waals surface area contributed by atoms with Gasteiger partial charge < -0.3 is 16.2 Å². The Balaban J connectivity index is 4.04. The molecule has 0 radical (unpaired) electrons. The van der Waals surface area contributed by atoms with Crippen LogP contribution in [0.1, 0.15) is 34.1 Å². The van der Waals surface area contributed by atoms with Crippen LogP contribution < -0.4 is 11.1 Å². The highest BCUT2D eigenvalue weighted by atomic mass is 16.3. The van der Waals surface area contributed by atoms with Crippen LogP contribution in [0.25, 0.3) is 0 Å². The van der Waals surface area contributed by atoms with E-state index in [1.807, 2.05) is 27.7 Å². The van der Waals surface area contributed by atoms with Gasteiger partial charge in [-0.05, 0) is 5.92 Å². The second-order valence-corrected chi connectivity index (χ2v) is 4.95. The van der Waals surface area contributed by atoms with Gasteiger partial charge in [-0.15, -0.1) is 0 Å². The molecule has 0 fully saturated rings. The third-order valence-electron chi connectivity index (χ3n) is 2.73. The number of carbonyl (C=O) groups excluding carboxylic acids is 1. The average Bonchev–Trinajstić information content (AvgIpc) is 2.23. The molecule has 0 heterocycles. The molecule has 90 valence electrons. The number of nitrogens with two attached hydrogens (primary N) is 1. The first-order valence-corrected chi connectivity index (χ1v) is 5.48. The zero-order valence-corrected chi connectivity index (χ0v) is 10.2. The van der Waals surface area contributed by atoms with Crippen LogP contribution in [0.5, 0.6) is 0 Å². The van der Waals surface area contributed by atoms with Gasteiger partial charge in [-0.3, -0.25) is 4.79 Å². The minimum atomic E-state index is -0.454. The van der Waals surface area contributed by atoms with Crippen molar-refractivity contribution in [1.82, 2.24) is 5.32 Å². The van der Waals surface area contributed by atoms with Crippen LogP contribution in [-0.4, -0.2) is 30.2 Å². The molecule has 0 aromatic rings. The van der Waals surface area contributed by atoms with Crippen molar-refractivity contribution in [3.05, 3.63) is 0 Å². The smallest absolute Gasteiger partial charge is 0.237 e. The van der Waals surface area contributed by atoms with Crippen LogP contribution in [-0.2, 0) is 4.79 Å². The van der Waals surface area contributed by atoms with Gasteiger partial charge >= 0.3 is 0 Å². The number of rotatable bonds is 6. The molecule has 0 aromatic carbocycles. The Hall–Kier alpha value is -0.610. The minimum absolute atomic E-state index is 0.0475. The van der Waals surface area contributed by atoms with Crippen molar-refractivity contribution >= 4 is 5.91 Å². The Morgan fingerprint density at radius 1 is 1.53 bits per heavy atom. The quantitative estimate of drug-likeness (QED) is 0.605. The fourth-order valence-electron chi connectivity index (χ4n) is 1.01. The Morgan fingerprint density at radius 3 is 2.47 bits per heavy atom. The SMILES string of the molecule is CCC(C)[C@H](N)C(=O)NCC(C)(C)CO. The van der Waals surface area contributed by atoms with E-state index in [1.165, 1.54) is 0 Å². The molecule has 0 aliphatic heterocycles. The average molecular weight is 216 g/mol. The maximum Gasteiger partial charge on any atom is 0.237 e. The minimum Gasteiger partial charge on any atom is -0.396 e. The first-order valence-electron chi connectivity index (χ1n) is 5.48. The van der Waals surface area contributed by atoms with Crippen molar-refractivity contribution in [2.24, 2.45) is 17.1 Å². The van der Waals surface area contributed by atoms with Crippen LogP contribution in [0.15, 0.2) is 0 Å². The van der Waals surface area contributed by atoms with Crippen molar-refractivity contribution in [3.8, 4) is 0 Å². The van der Waals surface area contributed by atoms with Gasteiger partial charge in [0, 0.05) is 18.6 Å². The summed E-state index contributed by atoms with van der Waals surface area (Å²) >= 11 is 0. The van der Waals surface area contributed by atoms with E-state index < -0.39 is 6.04 Å². The Labute approximate surface area is 92.2 Å². The van der Waals surface area contributed by atoms with Gasteiger partial charge in [0.1, 0.15) is 0 Å². The molecule has 0 saturated carbocycles. The molecule has 0 saturated heterocycles. The summed E-state index contributed by atoms with van der Waals surface area (Å²) in [7, 11) is 0. The molecule has 15 heavy (non-hydrogen) atoms. The zero-order chi connectivity index (χ0) is 12.1. The van der Waals surface area contributed by atoms with Gasteiger partial charge in [0.2, 0.25) is 5.91 Å². The van der Waals surface area contributed by atoms with Crippen molar-refractivity contribution < 1.29 is 9.90 Å². The van der Waals surface area contributed by atoms with Crippen LogP contribution in [0.4, 0.5) is 0 Å². The predicted molar refractivity (Wildman–Crippen MR) is 61.3 cm³/mol. The summed E-state index contributed by atoms with van der Waals surface area (Å²) in [5.74, 6) is 0.0492. The second kappa shape index (κ2) is 6.08. The van der Waals surface area contributed by atoms with Gasteiger partial charge in [-0.25, -0.2) is 0 Å². The number of carbonyl (C=O) groups is 1. The molecule has 1 amide bonds. The predicted octanol–water partition coefficient (Wildman–Crippen LogP) is 0.495. The summed E-state index contributed by atoms with van der Waals surface area (Å²) in [6, 6.07) is -0.454. The molecule has 1 unspecified atom stereocenters. The van der Waals surface area contributed by atoms with Gasteiger partial charge in [0.25, 0.3) is 0 Å². The largest absolute Gasteiger partial charge is 0.396 e. The number of nitrogens with one attached hydrogen (secondary N) is 1. The second-order valence-electron chi connectivity index (χ2n) is 4.95. The monoisotopic (exact) mass is 216 g/mol. The number of hydrogen-bond acceptors (Lipinski definition) is 3. The first-order chi connectivity index (χ1) is 6.84. The highest BCUT2D eigenvalue weighted by molar-refractivity contribution is 5.81. The summed E-state index contributed by atoms with van der Waals surface area (Å²) in [5.41, 5.74) is 5.48. The summed E-state index contributed by atoms with van der Waals surface area (Å²) in [6.07, 6.45) is 0.887. The molecule has 0 bridgehead atoms. The van der Waals surface area contributed by atoms with E-state index in [1.54, 1.807) is 0 Å². The lowest BCUT2D eigenvalue weighted by Gasteiger charge is -2.24. The third kappa shape index (κ3) is 5.14. The molecule has 0 rings (SSSR count). The molecular weight excluding hydrogens is 192 g/mol. The van der Waals surface area contributed by atoms with Crippen LogP contribution >= 0.6 is 0 Å². The lowest BCUT2D eigenvalue weighted by Crippen LogP contribution is -2.47. The van der Waals surface area contributed by atoms with Crippen molar-refractivity contribution in [3.63, 3.8) is 0 Å². The van der Waals surface area contributed by atoms with Crippen LogP contribution in [0, 0.1) is 11.3 Å². The zero-order valence-electron chi connectivity index (χ0n) is 10.2. The standard InChI is InChI=1S/C11H24N2O2/c1-5-8(2)9(12)10(15)13-6-11(3,4)7-14/h8-9,14H,5-7,12H2,1-4H3,(H,13,15)/t8?,9-/m0/s1. The highest BCUT2D eigenvalue weighted by Crippen LogP contribution is 2.12. The molecule has 0 spiro atoms. The van der Waals surface area contributed by atoms with E-state index in [0.29, 0.717) is 6.54 Å². The van der Waals surface area contributed by atoms with Crippen LogP contribution in [0.2, 0.25) is 0 Å². The van der Waals surface area contributed by atoms with Crippen molar-refractivity contribution in [1.29, 1.82) is 0 Å². The molecule has 4 heteroatoms. The fraction of sp³-hybridized carbons (Fsp3) is 0.909. The summed E-state index contributed by atoms with van der Waals surface area (Å²) in [5, 5.41) is 11.8. The van der Waals surface area contributed by atoms with Gasteiger partial charge in [-0.2, -0.15) is 0 Å². The van der Waals surface area contributed by atoms with Crippen LogP contribution in [0.3, 0.4) is 0 Å². The lowest BCUT2D eigenvalue weighted by atomic mass is 9.94. The number of aliphatic hydroxyl groups excluding tert-OH is 1. The third-order valence-corrected chi connectivity index (χ3v) is 2.73. The van der Waals surface area contributed by atoms with E-state index in [2.05, 4.69) is 5.32 Å². The lowest BCUT2D eigenvalue weighted by molar-refractivity contribution is -0.123. The molecule has 2 atom stereocenters. The first kappa shape index (κ1) is 14.4. The molecular formula is C11H24N2O2. The van der Waals surface area contributed by atoms with Gasteiger partial charge in [0.05, 0.1) is 6.04 Å². The molecule has 4 N–H and O–H groups in total. The molecule has 0 aliphatic carbocycles. The number of aliphatic hydroxyl groups is 1. The number of amides is 1. The Morgan fingerprint density at radius 2 is 2.07 bits per heavy atom. The maximum atomic E-state index is 11.6. The topological polar surface area (TPSA) is 75.4 Å². The normalized spacial score (nSPS) is 15.9. The Kier molecular flexibility index (Phi) is 5.83. The van der Waals surface area contributed by atoms with E-state index in [0.717, 1.165) is 6.42 Å². The summed E-state index contributed by atoms with van der Waals surface area (Å²) < 4.78 is 0. The highest BCUT2D eigenvalue weighted by Gasteiger charge is 2.22. The summed E-state index contributed by atoms with van der Waals surface area (Å²) in [6.45, 7) is 8.25. The molecule has 0 aliphatic rings. The van der Waals surface area contributed by atoms with E-state index in [-0.39, 0.29) is 23.8 Å². The summed E-state index contributed by atoms with van der Waals surface area (Å²) in [4.78, 5) is 11.6. The van der Waals surface area contributed by atoms with Crippen molar-refractivity contribution in [2.45, 2.75) is 40.2 Å². The van der Waals surface area contributed by atoms with E-state index >= 15 is 0 Å². The molecule has 4 nitrogen and oxygen atoms in total. The van der Waals surface area contributed by atoms with Gasteiger partial charge in [-0.1, -0.05) is 34.1 Å². The maximum absolute atomic E-state index is 11.6.